The molecule has 0 atom stereocenters. The number of ether oxygens (including phenoxy) is 1. The number of nitrogens with two attached hydrogens (primary N) is 1. The number of aliphatic hydroxyl groups excluding tert-OH is 1. The molecule has 1 rings (SSSR count). The Labute approximate surface area is 124 Å². The summed E-state index contributed by atoms with van der Waals surface area (Å²) >= 11 is 0. The molecule has 0 aliphatic rings. The van der Waals surface area contributed by atoms with E-state index in [1.807, 2.05) is 0 Å². The van der Waals surface area contributed by atoms with Crippen molar-refractivity contribution in [1.82, 2.24) is 4.72 Å². The first-order chi connectivity index (χ1) is 9.88. The molecule has 0 saturated heterocycles. The molecule has 1 aromatic rings. The van der Waals surface area contributed by atoms with E-state index < -0.39 is 15.9 Å². The summed E-state index contributed by atoms with van der Waals surface area (Å²) in [6.45, 7) is 2.40. The SMILES string of the molecule is Cc1ccc(S(=O)(=O)NCCCOCCO)cc1C(N)=O. The lowest BCUT2D eigenvalue weighted by molar-refractivity contribution is 0.0913. The Morgan fingerprint density at radius 3 is 2.71 bits per heavy atom. The van der Waals surface area contributed by atoms with E-state index in [2.05, 4.69) is 4.72 Å². The van der Waals surface area contributed by atoms with E-state index in [-0.39, 0.29) is 30.2 Å². The van der Waals surface area contributed by atoms with Gasteiger partial charge in [-0.15, -0.1) is 0 Å². The van der Waals surface area contributed by atoms with Crippen LogP contribution in [0.1, 0.15) is 22.3 Å². The number of rotatable bonds is 9. The fraction of sp³-hybridized carbons (Fsp3) is 0.462. The van der Waals surface area contributed by atoms with Crippen molar-refractivity contribution in [2.24, 2.45) is 5.73 Å². The third kappa shape index (κ3) is 5.43. The van der Waals surface area contributed by atoms with Crippen LogP contribution in [-0.4, -0.2) is 45.8 Å². The molecule has 1 amide bonds. The fourth-order valence-electron chi connectivity index (χ4n) is 1.66. The highest BCUT2D eigenvalue weighted by Gasteiger charge is 2.16. The van der Waals surface area contributed by atoms with Crippen LogP contribution in [0.25, 0.3) is 0 Å². The number of primary amides is 1. The molecule has 0 bridgehead atoms. The van der Waals surface area contributed by atoms with Gasteiger partial charge in [0.15, 0.2) is 0 Å². The van der Waals surface area contributed by atoms with Crippen molar-refractivity contribution in [1.29, 1.82) is 0 Å². The summed E-state index contributed by atoms with van der Waals surface area (Å²) in [7, 11) is -3.69. The predicted molar refractivity (Wildman–Crippen MR) is 77.4 cm³/mol. The average Bonchev–Trinajstić information content (AvgIpc) is 2.42. The zero-order valence-corrected chi connectivity index (χ0v) is 12.6. The summed E-state index contributed by atoms with van der Waals surface area (Å²) < 4.78 is 31.6. The fourth-order valence-corrected chi connectivity index (χ4v) is 2.76. The Hall–Kier alpha value is -1.48. The number of hydrogen-bond acceptors (Lipinski definition) is 5. The lowest BCUT2D eigenvalue weighted by atomic mass is 10.1. The van der Waals surface area contributed by atoms with Gasteiger partial charge in [-0.2, -0.15) is 0 Å². The molecule has 0 unspecified atom stereocenters. The number of amides is 1. The lowest BCUT2D eigenvalue weighted by Gasteiger charge is -2.09. The van der Waals surface area contributed by atoms with Gasteiger partial charge in [-0.3, -0.25) is 4.79 Å². The largest absolute Gasteiger partial charge is 0.394 e. The third-order valence-electron chi connectivity index (χ3n) is 2.78. The molecule has 8 heteroatoms. The smallest absolute Gasteiger partial charge is 0.249 e. The van der Waals surface area contributed by atoms with E-state index in [0.717, 1.165) is 0 Å². The highest BCUT2D eigenvalue weighted by Crippen LogP contribution is 2.15. The second-order valence-corrected chi connectivity index (χ2v) is 6.20. The molecule has 0 heterocycles. The highest BCUT2D eigenvalue weighted by atomic mass is 32.2. The van der Waals surface area contributed by atoms with Gasteiger partial charge >= 0.3 is 0 Å². The number of carbonyl (C=O) groups excluding carboxylic acids is 1. The monoisotopic (exact) mass is 316 g/mol. The van der Waals surface area contributed by atoms with Gasteiger partial charge < -0.3 is 15.6 Å². The molecule has 7 nitrogen and oxygen atoms in total. The summed E-state index contributed by atoms with van der Waals surface area (Å²) in [6, 6.07) is 4.23. The molecule has 0 aromatic heterocycles. The molecule has 4 N–H and O–H groups in total. The Kier molecular flexibility index (Phi) is 6.76. The van der Waals surface area contributed by atoms with E-state index >= 15 is 0 Å². The maximum atomic E-state index is 12.1. The highest BCUT2D eigenvalue weighted by molar-refractivity contribution is 7.89. The van der Waals surface area contributed by atoms with Gasteiger partial charge in [0.05, 0.1) is 18.1 Å². The number of carbonyl (C=O) groups is 1. The maximum absolute atomic E-state index is 12.1. The Morgan fingerprint density at radius 2 is 2.10 bits per heavy atom. The van der Waals surface area contributed by atoms with Crippen LogP contribution in [0.2, 0.25) is 0 Å². The van der Waals surface area contributed by atoms with Crippen LogP contribution in [0.3, 0.4) is 0 Å². The summed E-state index contributed by atoms with van der Waals surface area (Å²) in [4.78, 5) is 11.2. The Bertz CT molecular complexity index is 586. The number of nitrogens with one attached hydrogen (secondary N) is 1. The van der Waals surface area contributed by atoms with Crippen molar-refractivity contribution in [3.63, 3.8) is 0 Å². The van der Waals surface area contributed by atoms with Gasteiger partial charge in [0.1, 0.15) is 0 Å². The predicted octanol–water partition coefficient (Wildman–Crippen LogP) is -0.229. The minimum Gasteiger partial charge on any atom is -0.394 e. The van der Waals surface area contributed by atoms with Crippen LogP contribution in [-0.2, 0) is 14.8 Å². The number of benzene rings is 1. The van der Waals surface area contributed by atoms with Gasteiger partial charge in [-0.25, -0.2) is 13.1 Å². The first-order valence-electron chi connectivity index (χ1n) is 6.47. The summed E-state index contributed by atoms with van der Waals surface area (Å²) in [5.41, 5.74) is 6.01. The lowest BCUT2D eigenvalue weighted by Crippen LogP contribution is -2.26. The molecule has 0 aliphatic heterocycles. The normalized spacial score (nSPS) is 11.5. The second-order valence-electron chi connectivity index (χ2n) is 4.43. The molecule has 0 spiro atoms. The Morgan fingerprint density at radius 1 is 1.38 bits per heavy atom. The van der Waals surface area contributed by atoms with Crippen LogP contribution < -0.4 is 10.5 Å². The quantitative estimate of drug-likeness (QED) is 0.544. The van der Waals surface area contributed by atoms with Gasteiger partial charge in [-0.1, -0.05) is 6.07 Å². The van der Waals surface area contributed by atoms with Crippen molar-refractivity contribution in [2.75, 3.05) is 26.4 Å². The minimum atomic E-state index is -3.69. The first kappa shape index (κ1) is 17.6. The molecule has 0 fully saturated rings. The number of hydrogen-bond donors (Lipinski definition) is 3. The minimum absolute atomic E-state index is 0.00169. The molecule has 0 saturated carbocycles. The van der Waals surface area contributed by atoms with Crippen molar-refractivity contribution in [3.8, 4) is 0 Å². The zero-order valence-electron chi connectivity index (χ0n) is 11.8. The summed E-state index contributed by atoms with van der Waals surface area (Å²) in [6.07, 6.45) is 0.480. The molecule has 118 valence electrons. The van der Waals surface area contributed by atoms with Gasteiger partial charge in [0.2, 0.25) is 15.9 Å². The van der Waals surface area contributed by atoms with Crippen LogP contribution in [0.15, 0.2) is 23.1 Å². The second kappa shape index (κ2) is 8.08. The van der Waals surface area contributed by atoms with Gasteiger partial charge in [0, 0.05) is 18.7 Å². The molecule has 1 aromatic carbocycles. The van der Waals surface area contributed by atoms with Gasteiger partial charge in [0.25, 0.3) is 0 Å². The van der Waals surface area contributed by atoms with E-state index in [4.69, 9.17) is 15.6 Å². The molecular weight excluding hydrogens is 296 g/mol. The summed E-state index contributed by atoms with van der Waals surface area (Å²) in [5, 5.41) is 8.52. The van der Waals surface area contributed by atoms with Crippen molar-refractivity contribution >= 4 is 15.9 Å². The molecule has 0 aliphatic carbocycles. The van der Waals surface area contributed by atoms with Crippen LogP contribution in [0.4, 0.5) is 0 Å². The van der Waals surface area contributed by atoms with Crippen molar-refractivity contribution in [2.45, 2.75) is 18.2 Å². The average molecular weight is 316 g/mol. The zero-order chi connectivity index (χ0) is 15.9. The topological polar surface area (TPSA) is 119 Å². The number of aryl methyl sites for hydroxylation is 1. The molecular formula is C13H20N2O5S. The van der Waals surface area contributed by atoms with E-state index in [1.54, 1.807) is 13.0 Å². The van der Waals surface area contributed by atoms with Crippen LogP contribution >= 0.6 is 0 Å². The molecule has 0 radical (unpaired) electrons. The van der Waals surface area contributed by atoms with Crippen molar-refractivity contribution < 1.29 is 23.1 Å². The first-order valence-corrected chi connectivity index (χ1v) is 7.95. The van der Waals surface area contributed by atoms with E-state index in [1.165, 1.54) is 12.1 Å². The Balaban J connectivity index is 2.66. The number of sulfonamides is 1. The standard InChI is InChI=1S/C13H20N2O5S/c1-10-3-4-11(9-12(10)13(14)17)21(18,19)15-5-2-7-20-8-6-16/h3-4,9,15-16H,2,5-8H2,1H3,(H2,14,17). The van der Waals surface area contributed by atoms with E-state index in [9.17, 15) is 13.2 Å². The van der Waals surface area contributed by atoms with Crippen molar-refractivity contribution in [3.05, 3.63) is 29.3 Å². The number of aliphatic hydroxyl groups is 1. The van der Waals surface area contributed by atoms with Gasteiger partial charge in [-0.05, 0) is 31.0 Å². The van der Waals surface area contributed by atoms with Crippen LogP contribution in [0, 0.1) is 6.92 Å². The molecule has 21 heavy (non-hydrogen) atoms. The van der Waals surface area contributed by atoms with E-state index in [0.29, 0.717) is 18.6 Å². The maximum Gasteiger partial charge on any atom is 0.249 e. The summed E-state index contributed by atoms with van der Waals surface area (Å²) in [5.74, 6) is -0.665. The third-order valence-corrected chi connectivity index (χ3v) is 4.24. The van der Waals surface area contributed by atoms with Crippen LogP contribution in [0.5, 0.6) is 0 Å².